The third kappa shape index (κ3) is 2.15. The van der Waals surface area contributed by atoms with E-state index in [0.29, 0.717) is 25.5 Å². The largest absolute Gasteiger partial charge is 0.441 e. The summed E-state index contributed by atoms with van der Waals surface area (Å²) in [6, 6.07) is 5.74. The molecular formula is C13H16N4O2. The van der Waals surface area contributed by atoms with Crippen LogP contribution in [0.15, 0.2) is 22.6 Å². The summed E-state index contributed by atoms with van der Waals surface area (Å²) in [6.45, 7) is 3.51. The van der Waals surface area contributed by atoms with Crippen molar-refractivity contribution < 1.29 is 9.21 Å². The Balaban J connectivity index is 1.86. The van der Waals surface area contributed by atoms with Crippen molar-refractivity contribution in [1.82, 2.24) is 15.2 Å². The highest BCUT2D eigenvalue weighted by atomic mass is 16.3. The Morgan fingerprint density at radius 3 is 3.21 bits per heavy atom. The van der Waals surface area contributed by atoms with Gasteiger partial charge in [-0.3, -0.25) is 0 Å². The second-order valence-electron chi connectivity index (χ2n) is 4.70. The Morgan fingerprint density at radius 1 is 1.58 bits per heavy atom. The minimum absolute atomic E-state index is 0.0135. The lowest BCUT2D eigenvalue weighted by Crippen LogP contribution is -2.32. The molecule has 19 heavy (non-hydrogen) atoms. The minimum atomic E-state index is -0.0631. The number of urea groups is 1. The van der Waals surface area contributed by atoms with Crippen LogP contribution >= 0.6 is 0 Å². The number of oxazole rings is 1. The van der Waals surface area contributed by atoms with E-state index < -0.39 is 0 Å². The van der Waals surface area contributed by atoms with E-state index >= 15 is 0 Å². The molecule has 6 heteroatoms. The lowest BCUT2D eigenvalue weighted by atomic mass is 10.1. The van der Waals surface area contributed by atoms with Gasteiger partial charge in [0.2, 0.25) is 0 Å². The Hall–Kier alpha value is -2.08. The number of benzene rings is 1. The van der Waals surface area contributed by atoms with Gasteiger partial charge in [0.05, 0.1) is 6.04 Å². The van der Waals surface area contributed by atoms with Crippen LogP contribution in [0.1, 0.15) is 17.5 Å². The molecule has 0 radical (unpaired) electrons. The van der Waals surface area contributed by atoms with Gasteiger partial charge in [-0.15, -0.1) is 0 Å². The van der Waals surface area contributed by atoms with Gasteiger partial charge in [0.1, 0.15) is 5.52 Å². The number of aryl methyl sites for hydroxylation is 1. The molecule has 1 aliphatic rings. The summed E-state index contributed by atoms with van der Waals surface area (Å²) >= 11 is 0. The van der Waals surface area contributed by atoms with Crippen molar-refractivity contribution >= 4 is 17.1 Å². The SMILES string of the molecule is Cc1nc2cc(C3CN(CCN)C(=O)N3)ccc2o1. The van der Waals surface area contributed by atoms with Gasteiger partial charge in [-0.25, -0.2) is 9.78 Å². The van der Waals surface area contributed by atoms with Gasteiger partial charge in [-0.05, 0) is 17.7 Å². The Kier molecular flexibility index (Phi) is 2.87. The van der Waals surface area contributed by atoms with Crippen molar-refractivity contribution in [1.29, 1.82) is 0 Å². The average molecular weight is 260 g/mol. The zero-order chi connectivity index (χ0) is 13.4. The highest BCUT2D eigenvalue weighted by molar-refractivity contribution is 5.78. The summed E-state index contributed by atoms with van der Waals surface area (Å²) in [6.07, 6.45) is 0. The standard InChI is InChI=1S/C13H16N4O2/c1-8-15-10-6-9(2-3-12(10)19-8)11-7-17(5-4-14)13(18)16-11/h2-3,6,11H,4-5,7,14H2,1H3,(H,16,18). The maximum Gasteiger partial charge on any atom is 0.318 e. The second-order valence-corrected chi connectivity index (χ2v) is 4.70. The minimum Gasteiger partial charge on any atom is -0.441 e. The van der Waals surface area contributed by atoms with Crippen molar-refractivity contribution in [3.63, 3.8) is 0 Å². The van der Waals surface area contributed by atoms with Crippen molar-refractivity contribution in [2.24, 2.45) is 5.73 Å². The fourth-order valence-electron chi connectivity index (χ4n) is 2.40. The highest BCUT2D eigenvalue weighted by Gasteiger charge is 2.29. The van der Waals surface area contributed by atoms with Crippen LogP contribution in [0.2, 0.25) is 0 Å². The van der Waals surface area contributed by atoms with Crippen LogP contribution in [0.25, 0.3) is 11.1 Å². The van der Waals surface area contributed by atoms with Crippen LogP contribution in [0.5, 0.6) is 0 Å². The molecule has 1 unspecified atom stereocenters. The third-order valence-electron chi connectivity index (χ3n) is 3.31. The van der Waals surface area contributed by atoms with E-state index in [0.717, 1.165) is 16.7 Å². The molecule has 0 spiro atoms. The molecule has 2 amide bonds. The molecule has 2 aromatic rings. The maximum atomic E-state index is 11.7. The normalized spacial score (nSPS) is 19.2. The van der Waals surface area contributed by atoms with E-state index in [1.807, 2.05) is 25.1 Å². The number of fused-ring (bicyclic) bond motifs is 1. The van der Waals surface area contributed by atoms with Crippen LogP contribution in [0.3, 0.4) is 0 Å². The number of amides is 2. The number of carbonyl (C=O) groups excluding carboxylic acids is 1. The van der Waals surface area contributed by atoms with Crippen molar-refractivity contribution in [2.45, 2.75) is 13.0 Å². The first kappa shape index (κ1) is 12.0. The van der Waals surface area contributed by atoms with E-state index in [2.05, 4.69) is 10.3 Å². The van der Waals surface area contributed by atoms with E-state index in [1.165, 1.54) is 0 Å². The predicted molar refractivity (Wildman–Crippen MR) is 70.6 cm³/mol. The molecule has 1 fully saturated rings. The van der Waals surface area contributed by atoms with Gasteiger partial charge in [0, 0.05) is 26.6 Å². The Labute approximate surface area is 110 Å². The van der Waals surface area contributed by atoms with Crippen LogP contribution < -0.4 is 11.1 Å². The van der Waals surface area contributed by atoms with Crippen molar-refractivity contribution in [2.75, 3.05) is 19.6 Å². The zero-order valence-electron chi connectivity index (χ0n) is 10.7. The van der Waals surface area contributed by atoms with Gasteiger partial charge in [-0.2, -0.15) is 0 Å². The van der Waals surface area contributed by atoms with Gasteiger partial charge in [0.15, 0.2) is 11.5 Å². The van der Waals surface area contributed by atoms with Crippen molar-refractivity contribution in [3.05, 3.63) is 29.7 Å². The molecule has 1 saturated heterocycles. The molecule has 0 bridgehead atoms. The van der Waals surface area contributed by atoms with E-state index in [1.54, 1.807) is 4.90 Å². The Morgan fingerprint density at radius 2 is 2.42 bits per heavy atom. The molecule has 1 atom stereocenters. The number of hydrogen-bond donors (Lipinski definition) is 2. The first-order valence-electron chi connectivity index (χ1n) is 6.30. The van der Waals surface area contributed by atoms with Crippen molar-refractivity contribution in [3.8, 4) is 0 Å². The summed E-state index contributed by atoms with van der Waals surface area (Å²) in [4.78, 5) is 17.8. The third-order valence-corrected chi connectivity index (χ3v) is 3.31. The predicted octanol–water partition coefficient (Wildman–Crippen LogP) is 1.16. The van der Waals surface area contributed by atoms with Gasteiger partial charge in [-0.1, -0.05) is 6.07 Å². The molecule has 100 valence electrons. The topological polar surface area (TPSA) is 84.4 Å². The molecule has 2 heterocycles. The average Bonchev–Trinajstić information content (AvgIpc) is 2.91. The summed E-state index contributed by atoms with van der Waals surface area (Å²) in [5.41, 5.74) is 8.11. The molecular weight excluding hydrogens is 244 g/mol. The lowest BCUT2D eigenvalue weighted by molar-refractivity contribution is 0.218. The van der Waals surface area contributed by atoms with E-state index in [4.69, 9.17) is 10.2 Å². The monoisotopic (exact) mass is 260 g/mol. The fraction of sp³-hybridized carbons (Fsp3) is 0.385. The Bertz CT molecular complexity index is 622. The summed E-state index contributed by atoms with van der Waals surface area (Å²) in [5, 5.41) is 2.95. The lowest BCUT2D eigenvalue weighted by Gasteiger charge is -2.12. The van der Waals surface area contributed by atoms with Crippen LogP contribution in [-0.2, 0) is 0 Å². The van der Waals surface area contributed by atoms with Crippen LogP contribution in [-0.4, -0.2) is 35.5 Å². The molecule has 3 rings (SSSR count). The molecule has 3 N–H and O–H groups in total. The number of hydrogen-bond acceptors (Lipinski definition) is 4. The van der Waals surface area contributed by atoms with Gasteiger partial charge < -0.3 is 20.4 Å². The molecule has 0 saturated carbocycles. The number of aromatic nitrogens is 1. The van der Waals surface area contributed by atoms with E-state index in [9.17, 15) is 4.79 Å². The number of nitrogens with two attached hydrogens (primary N) is 1. The number of rotatable bonds is 3. The molecule has 0 aliphatic carbocycles. The number of nitrogens with one attached hydrogen (secondary N) is 1. The van der Waals surface area contributed by atoms with E-state index in [-0.39, 0.29) is 12.1 Å². The van der Waals surface area contributed by atoms with Gasteiger partial charge in [0.25, 0.3) is 0 Å². The van der Waals surface area contributed by atoms with Crippen LogP contribution in [0.4, 0.5) is 4.79 Å². The summed E-state index contributed by atoms with van der Waals surface area (Å²) in [5.74, 6) is 0.646. The summed E-state index contributed by atoms with van der Waals surface area (Å²) in [7, 11) is 0. The number of carbonyl (C=O) groups is 1. The molecule has 1 aromatic heterocycles. The molecule has 6 nitrogen and oxygen atoms in total. The molecule has 1 aromatic carbocycles. The first-order valence-corrected chi connectivity index (χ1v) is 6.30. The second kappa shape index (κ2) is 4.55. The fourth-order valence-corrected chi connectivity index (χ4v) is 2.40. The van der Waals surface area contributed by atoms with Crippen LogP contribution in [0, 0.1) is 6.92 Å². The summed E-state index contributed by atoms with van der Waals surface area (Å²) < 4.78 is 5.44. The maximum absolute atomic E-state index is 11.7. The van der Waals surface area contributed by atoms with Gasteiger partial charge >= 0.3 is 6.03 Å². The molecule has 1 aliphatic heterocycles. The number of nitrogens with zero attached hydrogens (tertiary/aromatic N) is 2. The smallest absolute Gasteiger partial charge is 0.318 e. The first-order chi connectivity index (χ1) is 9.17. The quantitative estimate of drug-likeness (QED) is 0.867. The zero-order valence-corrected chi connectivity index (χ0v) is 10.7. The highest BCUT2D eigenvalue weighted by Crippen LogP contribution is 2.24.